The predicted octanol–water partition coefficient (Wildman–Crippen LogP) is -0.570. The van der Waals surface area contributed by atoms with Crippen LogP contribution >= 0.6 is 0 Å². The van der Waals surface area contributed by atoms with Gasteiger partial charge in [0.1, 0.15) is 0 Å². The molecule has 0 fully saturated rings. The van der Waals surface area contributed by atoms with E-state index in [2.05, 4.69) is 5.16 Å². The fourth-order valence-electron chi connectivity index (χ4n) is 1.10. The van der Waals surface area contributed by atoms with Crippen molar-refractivity contribution in [2.24, 2.45) is 0 Å². The Kier molecular flexibility index (Phi) is 1.63. The molecule has 2 rings (SSSR count). The summed E-state index contributed by atoms with van der Waals surface area (Å²) in [5.41, 5.74) is 0.852. The van der Waals surface area contributed by atoms with Gasteiger partial charge in [0.2, 0.25) is 0 Å². The zero-order valence-electron chi connectivity index (χ0n) is 6.21. The van der Waals surface area contributed by atoms with E-state index in [9.17, 15) is 0 Å². The molecule has 2 heterocycles. The second-order valence-electron chi connectivity index (χ2n) is 2.55. The lowest BCUT2D eigenvalue weighted by Crippen LogP contribution is -2.35. The summed E-state index contributed by atoms with van der Waals surface area (Å²) in [5.74, 6) is 0.673. The van der Waals surface area contributed by atoms with E-state index in [-0.39, 0.29) is 0 Å². The summed E-state index contributed by atoms with van der Waals surface area (Å²) in [4.78, 5) is 1.36. The fraction of sp³-hybridized carbons (Fsp3) is 0.167. The van der Waals surface area contributed by atoms with Crippen molar-refractivity contribution in [1.29, 1.82) is 0 Å². The van der Waals surface area contributed by atoms with E-state index in [4.69, 9.17) is 14.6 Å². The van der Waals surface area contributed by atoms with Gasteiger partial charge >= 0.3 is 7.25 Å². The summed E-state index contributed by atoms with van der Waals surface area (Å²) >= 11 is 0. The van der Waals surface area contributed by atoms with Crippen LogP contribution in [0.15, 0.2) is 16.9 Å². The molecule has 0 atom stereocenters. The molecule has 1 aromatic heterocycles. The van der Waals surface area contributed by atoms with Crippen LogP contribution in [0.5, 0.6) is 0 Å². The molecule has 6 heteroatoms. The molecule has 5 nitrogen and oxygen atoms in total. The molecule has 1 aromatic rings. The Balaban J connectivity index is 2.24. The Morgan fingerprint density at radius 3 is 3.17 bits per heavy atom. The van der Waals surface area contributed by atoms with E-state index < -0.39 is 7.25 Å². The molecule has 0 bridgehead atoms. The highest BCUT2D eigenvalue weighted by molar-refractivity contribution is 6.38. The van der Waals surface area contributed by atoms with Gasteiger partial charge in [-0.25, -0.2) is 0 Å². The largest absolute Gasteiger partial charge is 0.587 e. The average molecular weight is 166 g/mol. The molecule has 0 aromatic carbocycles. The number of hydrogen-bond acceptors (Lipinski definition) is 5. The Hall–Kier alpha value is -1.27. The van der Waals surface area contributed by atoms with Crippen molar-refractivity contribution >= 4 is 13.3 Å². The zero-order chi connectivity index (χ0) is 8.55. The Bertz CT molecular complexity index is 309. The van der Waals surface area contributed by atoms with Gasteiger partial charge in [0.25, 0.3) is 0 Å². The molecule has 12 heavy (non-hydrogen) atoms. The van der Waals surface area contributed by atoms with Gasteiger partial charge < -0.3 is 19.4 Å². The predicted molar refractivity (Wildman–Crippen MR) is 41.3 cm³/mol. The monoisotopic (exact) mass is 166 g/mol. The molecule has 0 saturated heterocycles. The maximum Gasteiger partial charge on any atom is 0.587 e. The van der Waals surface area contributed by atoms with Gasteiger partial charge in [0.15, 0.2) is 5.76 Å². The van der Waals surface area contributed by atoms with E-state index in [1.807, 2.05) is 0 Å². The molecule has 0 aliphatic carbocycles. The van der Waals surface area contributed by atoms with Crippen LogP contribution in [-0.4, -0.2) is 27.3 Å². The Morgan fingerprint density at radius 1 is 1.58 bits per heavy atom. The molecule has 2 N–H and O–H groups in total. The third kappa shape index (κ3) is 1.11. The van der Waals surface area contributed by atoms with Gasteiger partial charge in [-0.05, 0) is 12.3 Å². The number of hydrogen-bond donors (Lipinski definition) is 2. The summed E-state index contributed by atoms with van der Waals surface area (Å²) in [6, 6.07) is 0. The number of rotatable bonds is 1. The molecule has 62 valence electrons. The van der Waals surface area contributed by atoms with Crippen LogP contribution in [0.3, 0.4) is 0 Å². The molecule has 0 saturated carbocycles. The molecule has 0 amide bonds. The summed E-state index contributed by atoms with van der Waals surface area (Å²) in [7, 11) is -1.47. The van der Waals surface area contributed by atoms with Gasteiger partial charge in [-0.15, -0.1) is 0 Å². The van der Waals surface area contributed by atoms with Crippen molar-refractivity contribution in [3.05, 3.63) is 23.7 Å². The topological polar surface area (TPSA) is 69.7 Å². The number of fused-ring (bicyclic) bond motifs is 1. The van der Waals surface area contributed by atoms with E-state index in [1.54, 1.807) is 18.5 Å². The smallest absolute Gasteiger partial charge is 0.408 e. The van der Waals surface area contributed by atoms with E-state index >= 15 is 0 Å². The lowest BCUT2D eigenvalue weighted by molar-refractivity contribution is 0.309. The summed E-state index contributed by atoms with van der Waals surface area (Å²) < 4.78 is 4.86. The van der Waals surface area contributed by atoms with Crippen LogP contribution in [0.25, 0.3) is 6.08 Å². The molecule has 0 radical (unpaired) electrons. The van der Waals surface area contributed by atoms with Crippen LogP contribution in [0.4, 0.5) is 0 Å². The summed E-state index contributed by atoms with van der Waals surface area (Å²) in [6.45, 7) is 0.410. The minimum Gasteiger partial charge on any atom is -0.408 e. The first-order chi connectivity index (χ1) is 5.77. The van der Waals surface area contributed by atoms with Gasteiger partial charge in [0, 0.05) is 12.1 Å². The summed E-state index contributed by atoms with van der Waals surface area (Å²) in [6.07, 6.45) is 4.76. The molecule has 1 aliphatic heterocycles. The third-order valence-electron chi connectivity index (χ3n) is 1.74. The van der Waals surface area contributed by atoms with E-state index in [0.29, 0.717) is 12.3 Å². The first kappa shape index (κ1) is 7.39. The van der Waals surface area contributed by atoms with Crippen molar-refractivity contribution in [3.63, 3.8) is 0 Å². The molecular formula is C6H7BN2O3. The van der Waals surface area contributed by atoms with Crippen LogP contribution in [0, 0.1) is 0 Å². The lowest BCUT2D eigenvalue weighted by atomic mass is 10.0. The van der Waals surface area contributed by atoms with Crippen molar-refractivity contribution < 1.29 is 14.6 Å². The number of aromatic nitrogens is 1. The number of nitrogens with zero attached hydrogens (tertiary/aromatic N) is 2. The normalized spacial score (nSPS) is 14.7. The SMILES string of the molecule is OB(O)N1C=Cc2oncc2C1. The van der Waals surface area contributed by atoms with E-state index in [0.717, 1.165) is 5.56 Å². The maximum absolute atomic E-state index is 8.82. The van der Waals surface area contributed by atoms with Crippen molar-refractivity contribution in [2.45, 2.75) is 6.54 Å². The quantitative estimate of drug-likeness (QED) is 0.546. The van der Waals surface area contributed by atoms with Gasteiger partial charge in [0.05, 0.1) is 6.20 Å². The standard InChI is InChI=1S/C6H7BN2O3/c10-7(11)9-2-1-6-5(4-9)3-8-12-6/h1-3,10-11H,4H2. The van der Waals surface area contributed by atoms with Gasteiger partial charge in [-0.2, -0.15) is 0 Å². The molecular weight excluding hydrogens is 159 g/mol. The molecule has 1 aliphatic rings. The van der Waals surface area contributed by atoms with Crippen LogP contribution < -0.4 is 0 Å². The van der Waals surface area contributed by atoms with Crippen LogP contribution in [0.1, 0.15) is 11.3 Å². The lowest BCUT2D eigenvalue weighted by Gasteiger charge is -2.20. The second-order valence-corrected chi connectivity index (χ2v) is 2.55. The van der Waals surface area contributed by atoms with Crippen molar-refractivity contribution in [3.8, 4) is 0 Å². The highest BCUT2D eigenvalue weighted by Gasteiger charge is 2.22. The Labute approximate surface area is 69.1 Å². The average Bonchev–Trinajstić information content (AvgIpc) is 2.49. The second kappa shape index (κ2) is 2.65. The minimum atomic E-state index is -1.47. The van der Waals surface area contributed by atoms with Crippen LogP contribution in [-0.2, 0) is 6.54 Å². The van der Waals surface area contributed by atoms with E-state index in [1.165, 1.54) is 4.81 Å². The van der Waals surface area contributed by atoms with Gasteiger partial charge in [-0.1, -0.05) is 5.16 Å². The fourth-order valence-corrected chi connectivity index (χ4v) is 1.10. The maximum atomic E-state index is 8.82. The minimum absolute atomic E-state index is 0.410. The first-order valence-electron chi connectivity index (χ1n) is 3.51. The van der Waals surface area contributed by atoms with Gasteiger partial charge in [-0.3, -0.25) is 0 Å². The van der Waals surface area contributed by atoms with Crippen molar-refractivity contribution in [1.82, 2.24) is 9.97 Å². The third-order valence-corrected chi connectivity index (χ3v) is 1.74. The molecule has 0 unspecified atom stereocenters. The highest BCUT2D eigenvalue weighted by atomic mass is 16.5. The van der Waals surface area contributed by atoms with Crippen LogP contribution in [0.2, 0.25) is 0 Å². The molecule has 0 spiro atoms. The Morgan fingerprint density at radius 2 is 2.42 bits per heavy atom. The first-order valence-corrected chi connectivity index (χ1v) is 3.51. The van der Waals surface area contributed by atoms with Crippen molar-refractivity contribution in [2.75, 3.05) is 0 Å². The zero-order valence-corrected chi connectivity index (χ0v) is 6.21. The highest BCUT2D eigenvalue weighted by Crippen LogP contribution is 2.18. The summed E-state index contributed by atoms with van der Waals surface area (Å²) in [5, 5.41) is 21.2.